The summed E-state index contributed by atoms with van der Waals surface area (Å²) in [6.07, 6.45) is 0. The van der Waals surface area contributed by atoms with Crippen molar-refractivity contribution in [3.8, 4) is 45.7 Å². The van der Waals surface area contributed by atoms with Crippen LogP contribution in [0.5, 0.6) is 0 Å². The number of H-pyrrole nitrogens is 1. The van der Waals surface area contributed by atoms with E-state index in [9.17, 15) is 0 Å². The van der Waals surface area contributed by atoms with E-state index in [-0.39, 0.29) is 0 Å². The first-order valence-electron chi connectivity index (χ1n) is 10.4. The molecule has 0 aliphatic carbocycles. The van der Waals surface area contributed by atoms with Gasteiger partial charge >= 0.3 is 0 Å². The highest BCUT2D eigenvalue weighted by Crippen LogP contribution is 2.33. The summed E-state index contributed by atoms with van der Waals surface area (Å²) in [5.74, 6) is 7.28. The lowest BCUT2D eigenvalue weighted by molar-refractivity contribution is 1.31. The number of hydrogen-bond acceptors (Lipinski definition) is 1. The molecule has 0 aliphatic heterocycles. The molecule has 32 heavy (non-hydrogen) atoms. The maximum absolute atomic E-state index is 6.11. The van der Waals surface area contributed by atoms with E-state index in [2.05, 4.69) is 35.0 Å². The van der Waals surface area contributed by atoms with Gasteiger partial charge < -0.3 is 4.98 Å². The Kier molecular flexibility index (Phi) is 5.58. The smallest absolute Gasteiger partial charge is 0.138 e. The third-order valence-corrected chi connectivity index (χ3v) is 5.40. The fourth-order valence-corrected chi connectivity index (χ4v) is 3.68. The zero-order chi connectivity index (χ0) is 21.8. The first kappa shape index (κ1) is 19.9. The van der Waals surface area contributed by atoms with Crippen LogP contribution in [0.15, 0.2) is 109 Å². The molecule has 0 spiro atoms. The highest BCUT2D eigenvalue weighted by atomic mass is 35.5. The van der Waals surface area contributed by atoms with Gasteiger partial charge in [0.2, 0.25) is 0 Å². The molecule has 0 radical (unpaired) electrons. The van der Waals surface area contributed by atoms with Gasteiger partial charge in [0.1, 0.15) is 5.82 Å². The molecule has 0 bridgehead atoms. The molecule has 5 rings (SSSR count). The Bertz CT molecular complexity index is 1410. The van der Waals surface area contributed by atoms with Gasteiger partial charge in [-0.15, -0.1) is 0 Å². The van der Waals surface area contributed by atoms with Crippen molar-refractivity contribution >= 4 is 11.6 Å². The van der Waals surface area contributed by atoms with Crippen LogP contribution in [-0.4, -0.2) is 9.97 Å². The van der Waals surface area contributed by atoms with Gasteiger partial charge in [0.05, 0.1) is 11.4 Å². The molecule has 4 aromatic carbocycles. The van der Waals surface area contributed by atoms with Crippen molar-refractivity contribution in [2.75, 3.05) is 0 Å². The molecule has 3 heteroatoms. The van der Waals surface area contributed by atoms with Crippen molar-refractivity contribution in [2.24, 2.45) is 0 Å². The minimum atomic E-state index is 0.708. The van der Waals surface area contributed by atoms with E-state index in [4.69, 9.17) is 16.6 Å². The quantitative estimate of drug-likeness (QED) is 0.295. The number of halogens is 1. The Balaban J connectivity index is 1.57. The van der Waals surface area contributed by atoms with Crippen molar-refractivity contribution in [2.45, 2.75) is 0 Å². The largest absolute Gasteiger partial charge is 0.337 e. The van der Waals surface area contributed by atoms with Crippen molar-refractivity contribution in [1.29, 1.82) is 0 Å². The van der Waals surface area contributed by atoms with E-state index in [0.717, 1.165) is 45.0 Å². The monoisotopic (exact) mass is 430 g/mol. The van der Waals surface area contributed by atoms with Gasteiger partial charge in [-0.2, -0.15) is 0 Å². The van der Waals surface area contributed by atoms with E-state index < -0.39 is 0 Å². The van der Waals surface area contributed by atoms with E-state index >= 15 is 0 Å². The van der Waals surface area contributed by atoms with Crippen molar-refractivity contribution < 1.29 is 0 Å². The Labute approximate surface area is 192 Å². The van der Waals surface area contributed by atoms with E-state index in [0.29, 0.717) is 5.02 Å². The highest BCUT2D eigenvalue weighted by Gasteiger charge is 2.15. The Morgan fingerprint density at radius 1 is 0.594 bits per heavy atom. The number of hydrogen-bond donors (Lipinski definition) is 1. The standard InChI is InChI=1S/C29H19ClN2/c30-26-18-16-24(17-19-26)28-27(23-11-5-2-6-12-23)31-29(32-28)25-13-7-10-22(20-25)15-14-21-8-3-1-4-9-21/h1-13,16-20H,(H,31,32). The fourth-order valence-electron chi connectivity index (χ4n) is 3.55. The maximum atomic E-state index is 6.11. The molecule has 152 valence electrons. The van der Waals surface area contributed by atoms with Crippen LogP contribution in [0.2, 0.25) is 5.02 Å². The minimum absolute atomic E-state index is 0.708. The lowest BCUT2D eigenvalue weighted by Crippen LogP contribution is -1.83. The van der Waals surface area contributed by atoms with Crippen LogP contribution in [0.25, 0.3) is 33.9 Å². The lowest BCUT2D eigenvalue weighted by Gasteiger charge is -2.03. The molecular formula is C29H19ClN2. The predicted molar refractivity (Wildman–Crippen MR) is 132 cm³/mol. The molecule has 0 amide bonds. The number of nitrogens with zero attached hydrogens (tertiary/aromatic N) is 1. The summed E-state index contributed by atoms with van der Waals surface area (Å²) in [7, 11) is 0. The molecule has 1 aromatic heterocycles. The van der Waals surface area contributed by atoms with Crippen molar-refractivity contribution in [3.05, 3.63) is 125 Å². The van der Waals surface area contributed by atoms with Crippen LogP contribution in [-0.2, 0) is 0 Å². The minimum Gasteiger partial charge on any atom is -0.337 e. The molecule has 0 fully saturated rings. The van der Waals surface area contributed by atoms with Gasteiger partial charge in [0.25, 0.3) is 0 Å². The summed E-state index contributed by atoms with van der Waals surface area (Å²) in [6, 6.07) is 36.1. The van der Waals surface area contributed by atoms with E-state index in [1.807, 2.05) is 91.0 Å². The van der Waals surface area contributed by atoms with Gasteiger partial charge in [-0.1, -0.05) is 96.2 Å². The highest BCUT2D eigenvalue weighted by molar-refractivity contribution is 6.30. The number of aromatic amines is 1. The second-order valence-corrected chi connectivity index (χ2v) is 7.82. The molecule has 0 saturated heterocycles. The Morgan fingerprint density at radius 3 is 1.97 bits per heavy atom. The van der Waals surface area contributed by atoms with Crippen LogP contribution in [0.3, 0.4) is 0 Å². The number of nitrogens with one attached hydrogen (secondary N) is 1. The summed E-state index contributed by atoms with van der Waals surface area (Å²) >= 11 is 6.11. The zero-order valence-electron chi connectivity index (χ0n) is 17.2. The second kappa shape index (κ2) is 8.98. The molecule has 5 aromatic rings. The van der Waals surface area contributed by atoms with Gasteiger partial charge in [0, 0.05) is 32.8 Å². The molecule has 0 saturated carbocycles. The number of rotatable bonds is 3. The summed E-state index contributed by atoms with van der Waals surface area (Å²) < 4.78 is 0. The summed E-state index contributed by atoms with van der Waals surface area (Å²) in [6.45, 7) is 0. The van der Waals surface area contributed by atoms with Gasteiger partial charge in [-0.25, -0.2) is 4.98 Å². The SMILES string of the molecule is Clc1ccc(-c2[nH]c(-c3cccc(C#Cc4ccccc4)c3)nc2-c2ccccc2)cc1. The van der Waals surface area contributed by atoms with E-state index in [1.54, 1.807) is 0 Å². The van der Waals surface area contributed by atoms with Crippen LogP contribution in [0, 0.1) is 11.8 Å². The first-order valence-corrected chi connectivity index (χ1v) is 10.7. The van der Waals surface area contributed by atoms with Crippen molar-refractivity contribution in [1.82, 2.24) is 9.97 Å². The van der Waals surface area contributed by atoms with Crippen LogP contribution in [0.4, 0.5) is 0 Å². The number of benzene rings is 4. The van der Waals surface area contributed by atoms with E-state index in [1.165, 1.54) is 0 Å². The fraction of sp³-hybridized carbons (Fsp3) is 0. The molecule has 0 atom stereocenters. The lowest BCUT2D eigenvalue weighted by atomic mass is 10.1. The molecule has 2 nitrogen and oxygen atoms in total. The molecule has 1 heterocycles. The zero-order valence-corrected chi connectivity index (χ0v) is 18.0. The van der Waals surface area contributed by atoms with Crippen LogP contribution in [0.1, 0.15) is 11.1 Å². The van der Waals surface area contributed by atoms with Crippen molar-refractivity contribution in [3.63, 3.8) is 0 Å². The molecular weight excluding hydrogens is 412 g/mol. The third kappa shape index (κ3) is 4.34. The van der Waals surface area contributed by atoms with Crippen LogP contribution >= 0.6 is 11.6 Å². The topological polar surface area (TPSA) is 28.7 Å². The Morgan fingerprint density at radius 2 is 1.22 bits per heavy atom. The summed E-state index contributed by atoms with van der Waals surface area (Å²) in [5.41, 5.74) is 6.88. The maximum Gasteiger partial charge on any atom is 0.138 e. The second-order valence-electron chi connectivity index (χ2n) is 7.38. The molecule has 0 aliphatic rings. The predicted octanol–water partition coefficient (Wildman–Crippen LogP) is 7.46. The third-order valence-electron chi connectivity index (χ3n) is 5.14. The average Bonchev–Trinajstić information content (AvgIpc) is 3.30. The average molecular weight is 431 g/mol. The van der Waals surface area contributed by atoms with Gasteiger partial charge in [-0.05, 0) is 36.4 Å². The summed E-state index contributed by atoms with van der Waals surface area (Å²) in [4.78, 5) is 8.50. The molecule has 0 unspecified atom stereocenters. The summed E-state index contributed by atoms with van der Waals surface area (Å²) in [5, 5.41) is 0.708. The normalized spacial score (nSPS) is 10.4. The Hall–Kier alpha value is -4.06. The van der Waals surface area contributed by atoms with Gasteiger partial charge in [0.15, 0.2) is 0 Å². The number of imidazole rings is 1. The molecule has 1 N–H and O–H groups in total. The van der Waals surface area contributed by atoms with Crippen LogP contribution < -0.4 is 0 Å². The van der Waals surface area contributed by atoms with Gasteiger partial charge in [-0.3, -0.25) is 0 Å². The first-order chi connectivity index (χ1) is 15.8. The number of aromatic nitrogens is 2.